The van der Waals surface area contributed by atoms with Crippen LogP contribution in [-0.2, 0) is 9.53 Å². The molecule has 0 bridgehead atoms. The van der Waals surface area contributed by atoms with Crippen LogP contribution in [0.5, 0.6) is 0 Å². The molecule has 0 aliphatic carbocycles. The van der Waals surface area contributed by atoms with Crippen molar-refractivity contribution in [1.82, 2.24) is 15.3 Å². The lowest BCUT2D eigenvalue weighted by atomic mass is 10.1. The fraction of sp³-hybridized carbons (Fsp3) is 0.333. The number of nitrogens with one attached hydrogen (secondary N) is 2. The van der Waals surface area contributed by atoms with E-state index in [1.807, 2.05) is 13.8 Å². The van der Waals surface area contributed by atoms with E-state index in [2.05, 4.69) is 25.3 Å². The average molecular weight is 302 g/mol. The normalized spacial score (nSPS) is 12.0. The third-order valence-corrected chi connectivity index (χ3v) is 3.14. The van der Waals surface area contributed by atoms with Crippen molar-refractivity contribution in [2.75, 3.05) is 12.4 Å². The Morgan fingerprint density at radius 3 is 2.45 bits per heavy atom. The van der Waals surface area contributed by atoms with E-state index in [0.29, 0.717) is 11.2 Å². The van der Waals surface area contributed by atoms with Gasteiger partial charge in [0.15, 0.2) is 0 Å². The zero-order valence-corrected chi connectivity index (χ0v) is 12.7. The van der Waals surface area contributed by atoms with Gasteiger partial charge < -0.3 is 15.4 Å². The predicted molar refractivity (Wildman–Crippen MR) is 82.3 cm³/mol. The lowest BCUT2D eigenvalue weighted by molar-refractivity contribution is -0.143. The number of benzene rings is 1. The molecule has 1 aromatic carbocycles. The molecule has 0 saturated carbocycles. The smallest absolute Gasteiger partial charge is 0.328 e. The van der Waals surface area contributed by atoms with Gasteiger partial charge in [0.05, 0.1) is 18.1 Å². The molecule has 1 aromatic heterocycles. The lowest BCUT2D eigenvalue weighted by Gasteiger charge is -2.20. The molecule has 0 aliphatic rings. The van der Waals surface area contributed by atoms with Crippen LogP contribution in [0.3, 0.4) is 0 Å². The molecule has 0 saturated heterocycles. The van der Waals surface area contributed by atoms with E-state index in [4.69, 9.17) is 0 Å². The van der Waals surface area contributed by atoms with Crippen LogP contribution in [0.25, 0.3) is 11.0 Å². The Bertz CT molecular complexity index is 687. The van der Waals surface area contributed by atoms with Crippen molar-refractivity contribution in [3.8, 4) is 0 Å². The second-order valence-corrected chi connectivity index (χ2v) is 5.10. The van der Waals surface area contributed by atoms with Crippen LogP contribution in [0.2, 0.25) is 0 Å². The van der Waals surface area contributed by atoms with Crippen LogP contribution >= 0.6 is 0 Å². The summed E-state index contributed by atoms with van der Waals surface area (Å²) in [6.45, 7) is 3.65. The Balaban J connectivity index is 2.08. The van der Waals surface area contributed by atoms with Gasteiger partial charge in [-0.05, 0) is 24.1 Å². The highest BCUT2D eigenvalue weighted by Gasteiger charge is 2.24. The summed E-state index contributed by atoms with van der Waals surface area (Å²) in [6, 6.07) is 4.01. The molecule has 7 heteroatoms. The van der Waals surface area contributed by atoms with Crippen LogP contribution in [0.1, 0.15) is 13.8 Å². The van der Waals surface area contributed by atoms with Crippen molar-refractivity contribution in [3.63, 3.8) is 0 Å². The number of ether oxygens (including phenoxy) is 1. The number of hydrogen-bond donors (Lipinski definition) is 2. The molecule has 2 N–H and O–H groups in total. The Labute approximate surface area is 128 Å². The predicted octanol–water partition coefficient (Wildman–Crippen LogP) is 1.95. The zero-order valence-electron chi connectivity index (χ0n) is 12.7. The summed E-state index contributed by atoms with van der Waals surface area (Å²) >= 11 is 0. The second kappa shape index (κ2) is 6.84. The highest BCUT2D eigenvalue weighted by molar-refractivity contribution is 5.94. The number of rotatable bonds is 4. The summed E-state index contributed by atoms with van der Waals surface area (Å²) < 4.78 is 4.68. The van der Waals surface area contributed by atoms with Crippen LogP contribution in [0, 0.1) is 5.92 Å². The number of anilines is 1. The van der Waals surface area contributed by atoms with Crippen molar-refractivity contribution in [2.24, 2.45) is 5.92 Å². The first-order valence-electron chi connectivity index (χ1n) is 6.87. The van der Waals surface area contributed by atoms with Crippen molar-refractivity contribution in [1.29, 1.82) is 0 Å². The van der Waals surface area contributed by atoms with Crippen LogP contribution in [0.4, 0.5) is 10.5 Å². The standard InChI is InChI=1S/C15H18N4O3/c1-9(2)13(14(20)22-3)19-15(21)18-10-4-5-11-12(8-10)17-7-6-16-11/h4-9,13H,1-3H3,(H2,18,19,21)/t13-/m0/s1. The number of carbonyl (C=O) groups is 2. The summed E-state index contributed by atoms with van der Waals surface area (Å²) in [5.74, 6) is -0.560. The van der Waals surface area contributed by atoms with Crippen molar-refractivity contribution in [2.45, 2.75) is 19.9 Å². The van der Waals surface area contributed by atoms with Gasteiger partial charge in [0.25, 0.3) is 0 Å². The van der Waals surface area contributed by atoms with Crippen LogP contribution < -0.4 is 10.6 Å². The molecule has 0 radical (unpaired) electrons. The van der Waals surface area contributed by atoms with Crippen molar-refractivity contribution < 1.29 is 14.3 Å². The third-order valence-electron chi connectivity index (χ3n) is 3.14. The molecule has 0 spiro atoms. The Morgan fingerprint density at radius 2 is 1.82 bits per heavy atom. The quantitative estimate of drug-likeness (QED) is 0.842. The molecule has 0 fully saturated rings. The van der Waals surface area contributed by atoms with E-state index in [-0.39, 0.29) is 5.92 Å². The molecular weight excluding hydrogens is 284 g/mol. The monoisotopic (exact) mass is 302 g/mol. The molecule has 2 rings (SSSR count). The SMILES string of the molecule is COC(=O)[C@@H](NC(=O)Nc1ccc2nccnc2c1)C(C)C. The number of hydrogen-bond acceptors (Lipinski definition) is 5. The minimum absolute atomic E-state index is 0.0827. The third kappa shape index (κ3) is 3.69. The summed E-state index contributed by atoms with van der Waals surface area (Å²) in [7, 11) is 1.29. The summed E-state index contributed by atoms with van der Waals surface area (Å²) in [5.41, 5.74) is 1.98. The van der Waals surface area contributed by atoms with E-state index >= 15 is 0 Å². The average Bonchev–Trinajstić information content (AvgIpc) is 2.51. The molecule has 22 heavy (non-hydrogen) atoms. The van der Waals surface area contributed by atoms with Gasteiger partial charge in [-0.25, -0.2) is 9.59 Å². The molecule has 0 aliphatic heterocycles. The maximum absolute atomic E-state index is 12.0. The Hall–Kier alpha value is -2.70. The minimum atomic E-state index is -0.703. The topological polar surface area (TPSA) is 93.2 Å². The highest BCUT2D eigenvalue weighted by Crippen LogP contribution is 2.15. The molecule has 116 valence electrons. The molecular formula is C15H18N4O3. The number of esters is 1. The second-order valence-electron chi connectivity index (χ2n) is 5.10. The number of urea groups is 1. The summed E-state index contributed by atoms with van der Waals surface area (Å²) in [5, 5.41) is 5.28. The molecule has 2 amide bonds. The number of carbonyl (C=O) groups excluding carboxylic acids is 2. The first-order valence-corrected chi connectivity index (χ1v) is 6.87. The fourth-order valence-electron chi connectivity index (χ4n) is 1.97. The maximum atomic E-state index is 12.0. The van der Waals surface area contributed by atoms with Gasteiger partial charge in [-0.3, -0.25) is 9.97 Å². The number of aromatic nitrogens is 2. The van der Waals surface area contributed by atoms with Crippen LogP contribution in [0.15, 0.2) is 30.6 Å². The van der Waals surface area contributed by atoms with Gasteiger partial charge in [0, 0.05) is 18.1 Å². The van der Waals surface area contributed by atoms with E-state index < -0.39 is 18.0 Å². The van der Waals surface area contributed by atoms with E-state index in [1.165, 1.54) is 7.11 Å². The van der Waals surface area contributed by atoms with E-state index in [1.54, 1.807) is 30.6 Å². The minimum Gasteiger partial charge on any atom is -0.467 e. The molecule has 1 heterocycles. The zero-order chi connectivity index (χ0) is 16.1. The number of amides is 2. The molecule has 1 atom stereocenters. The first-order chi connectivity index (χ1) is 10.5. The first kappa shape index (κ1) is 15.7. The number of methoxy groups -OCH3 is 1. The van der Waals surface area contributed by atoms with Gasteiger partial charge in [0.1, 0.15) is 6.04 Å². The van der Waals surface area contributed by atoms with E-state index in [0.717, 1.165) is 5.52 Å². The number of fused-ring (bicyclic) bond motifs is 1. The van der Waals surface area contributed by atoms with Gasteiger partial charge in [0.2, 0.25) is 0 Å². The summed E-state index contributed by atoms with van der Waals surface area (Å²) in [4.78, 5) is 32.0. The highest BCUT2D eigenvalue weighted by atomic mass is 16.5. The lowest BCUT2D eigenvalue weighted by Crippen LogP contribution is -2.46. The molecule has 7 nitrogen and oxygen atoms in total. The van der Waals surface area contributed by atoms with Gasteiger partial charge in [-0.15, -0.1) is 0 Å². The van der Waals surface area contributed by atoms with Gasteiger partial charge >= 0.3 is 12.0 Å². The van der Waals surface area contributed by atoms with Gasteiger partial charge in [-0.2, -0.15) is 0 Å². The Kier molecular flexibility index (Phi) is 4.88. The molecule has 2 aromatic rings. The maximum Gasteiger partial charge on any atom is 0.328 e. The van der Waals surface area contributed by atoms with Gasteiger partial charge in [-0.1, -0.05) is 13.8 Å². The fourth-order valence-corrected chi connectivity index (χ4v) is 1.97. The van der Waals surface area contributed by atoms with Crippen molar-refractivity contribution >= 4 is 28.7 Å². The molecule has 0 unspecified atom stereocenters. The van der Waals surface area contributed by atoms with Crippen molar-refractivity contribution in [3.05, 3.63) is 30.6 Å². The van der Waals surface area contributed by atoms with E-state index in [9.17, 15) is 9.59 Å². The largest absolute Gasteiger partial charge is 0.467 e. The summed E-state index contributed by atoms with van der Waals surface area (Å²) in [6.07, 6.45) is 3.18. The number of nitrogens with zero attached hydrogens (tertiary/aromatic N) is 2. The van der Waals surface area contributed by atoms with Crippen LogP contribution in [-0.4, -0.2) is 35.1 Å². The Morgan fingerprint density at radius 1 is 1.14 bits per heavy atom.